The molecule has 0 spiro atoms. The fourth-order valence-corrected chi connectivity index (χ4v) is 2.68. The number of rotatable bonds is 18. The fraction of sp³-hybridized carbons (Fsp3) is 0.700. The first-order valence-corrected chi connectivity index (χ1v) is 10.2. The zero-order valence-electron chi connectivity index (χ0n) is 17.8. The second-order valence-corrected chi connectivity index (χ2v) is 6.81. The van der Waals surface area contributed by atoms with Gasteiger partial charge in [-0.25, -0.2) is 14.0 Å². The number of nitrogens with zero attached hydrogens (tertiary/aromatic N) is 3. The van der Waals surface area contributed by atoms with Gasteiger partial charge in [-0.05, 0) is 0 Å². The third-order valence-corrected chi connectivity index (χ3v) is 4.23. The number of ether oxygens (including phenoxy) is 5. The van der Waals surface area contributed by atoms with Crippen molar-refractivity contribution in [2.45, 2.75) is 6.54 Å². The summed E-state index contributed by atoms with van der Waals surface area (Å²) in [5.74, 6) is 0. The zero-order chi connectivity index (χ0) is 20.6. The first-order valence-electron chi connectivity index (χ1n) is 10.2. The molecule has 2 rings (SSSR count). The van der Waals surface area contributed by atoms with Crippen LogP contribution in [0.4, 0.5) is 0 Å². The summed E-state index contributed by atoms with van der Waals surface area (Å²) in [6.07, 6.45) is 12.3. The highest BCUT2D eigenvalue weighted by molar-refractivity contribution is 5.38. The lowest BCUT2D eigenvalue weighted by Gasteiger charge is -2.08. The third-order valence-electron chi connectivity index (χ3n) is 4.23. The second-order valence-electron chi connectivity index (χ2n) is 6.81. The molecule has 1 aromatic heterocycles. The van der Waals surface area contributed by atoms with E-state index in [0.717, 1.165) is 19.7 Å². The van der Waals surface area contributed by atoms with Crippen LogP contribution in [-0.4, -0.2) is 95.1 Å². The summed E-state index contributed by atoms with van der Waals surface area (Å²) in [6.45, 7) is 7.84. The Morgan fingerprint density at radius 1 is 0.759 bits per heavy atom. The summed E-state index contributed by atoms with van der Waals surface area (Å²) in [4.78, 5) is 1.29. The van der Waals surface area contributed by atoms with E-state index in [9.17, 15) is 0 Å². The van der Waals surface area contributed by atoms with Crippen LogP contribution < -0.4 is 9.47 Å². The highest BCUT2D eigenvalue weighted by Crippen LogP contribution is 1.87. The average molecular weight is 414 g/mol. The molecule has 0 saturated carbocycles. The van der Waals surface area contributed by atoms with Crippen LogP contribution in [0.2, 0.25) is 0 Å². The smallest absolute Gasteiger partial charge is 0.335 e. The molecule has 0 saturated heterocycles. The van der Waals surface area contributed by atoms with Crippen LogP contribution >= 0.6 is 0 Å². The molecule has 2 heterocycles. The van der Waals surface area contributed by atoms with Crippen molar-refractivity contribution in [3.63, 3.8) is 0 Å². The van der Waals surface area contributed by atoms with Crippen LogP contribution in [-0.2, 0) is 37.3 Å². The van der Waals surface area contributed by atoms with Crippen LogP contribution in [0.25, 0.3) is 0 Å². The van der Waals surface area contributed by atoms with Crippen molar-refractivity contribution in [3.05, 3.63) is 31.1 Å². The van der Waals surface area contributed by atoms with Gasteiger partial charge in [0.25, 0.3) is 0 Å². The summed E-state index contributed by atoms with van der Waals surface area (Å²) in [6, 6.07) is 0. The summed E-state index contributed by atoms with van der Waals surface area (Å²) < 4.78 is 33.7. The van der Waals surface area contributed by atoms with Gasteiger partial charge in [0.05, 0.1) is 73.1 Å². The molecular weight excluding hydrogens is 376 g/mol. The van der Waals surface area contributed by atoms with E-state index in [1.165, 1.54) is 4.90 Å². The molecule has 0 amide bonds. The Balaban J connectivity index is 1.23. The Bertz CT molecular complexity index is 605. The van der Waals surface area contributed by atoms with Crippen LogP contribution in [0, 0.1) is 0 Å². The van der Waals surface area contributed by atoms with Crippen molar-refractivity contribution in [1.82, 2.24) is 4.57 Å². The highest BCUT2D eigenvalue weighted by atomic mass is 16.6. The van der Waals surface area contributed by atoms with Gasteiger partial charge in [0.2, 0.25) is 12.5 Å². The molecule has 0 aliphatic carbocycles. The van der Waals surface area contributed by atoms with Gasteiger partial charge < -0.3 is 23.7 Å². The number of nitrogens with one attached hydrogen (secondary N) is 1. The monoisotopic (exact) mass is 413 g/mol. The quantitative estimate of drug-likeness (QED) is 0.233. The Hall–Kier alpha value is -1.62. The molecular formula is C20H37N4O5+3. The first-order chi connectivity index (χ1) is 14.2. The molecule has 164 valence electrons. The molecule has 9 nitrogen and oxygen atoms in total. The van der Waals surface area contributed by atoms with Crippen molar-refractivity contribution in [2.75, 3.05) is 79.7 Å². The summed E-state index contributed by atoms with van der Waals surface area (Å²) in [5, 5.41) is 0. The molecule has 29 heavy (non-hydrogen) atoms. The molecule has 1 aliphatic rings. The number of quaternary nitrogens is 1. The maximum Gasteiger partial charge on any atom is 0.335 e. The Morgan fingerprint density at radius 2 is 1.31 bits per heavy atom. The minimum absolute atomic E-state index is 0.566. The van der Waals surface area contributed by atoms with Crippen LogP contribution in [0.15, 0.2) is 31.1 Å². The lowest BCUT2D eigenvalue weighted by Crippen LogP contribution is -3.06. The minimum atomic E-state index is 0.566. The molecule has 1 unspecified atom stereocenters. The topological polar surface area (TPSA) is 62.4 Å². The molecule has 0 fully saturated rings. The third kappa shape index (κ3) is 11.8. The Kier molecular flexibility index (Phi) is 12.4. The van der Waals surface area contributed by atoms with Gasteiger partial charge >= 0.3 is 6.34 Å². The van der Waals surface area contributed by atoms with Gasteiger partial charge in [0.15, 0.2) is 6.20 Å². The highest BCUT2D eigenvalue weighted by Gasteiger charge is 2.13. The largest absolute Gasteiger partial charge is 0.377 e. The van der Waals surface area contributed by atoms with E-state index < -0.39 is 0 Å². The van der Waals surface area contributed by atoms with Gasteiger partial charge in [-0.3, -0.25) is 0 Å². The van der Waals surface area contributed by atoms with Crippen LogP contribution in [0.5, 0.6) is 0 Å². The molecule has 1 N–H and O–H groups in total. The molecule has 0 radical (unpaired) electrons. The van der Waals surface area contributed by atoms with E-state index in [2.05, 4.69) is 17.1 Å². The normalized spacial score (nSPS) is 15.9. The van der Waals surface area contributed by atoms with Gasteiger partial charge in [0, 0.05) is 0 Å². The standard InChI is InChI=1S/C20H36N4O5/c1-21-3-5-23(19-21)7-9-25-11-13-27-15-17-29-18-16-28-14-12-26-10-8-24-6-4-22(2)20-24/h3-6,19-20H,7-18H2,1-2H3/q+2/p+1. The van der Waals surface area contributed by atoms with E-state index in [0.29, 0.717) is 59.5 Å². The van der Waals surface area contributed by atoms with E-state index in [1.54, 1.807) is 0 Å². The number of hydrogen-bond acceptors (Lipinski definition) is 5. The van der Waals surface area contributed by atoms with E-state index in [-0.39, 0.29) is 0 Å². The maximum atomic E-state index is 5.56. The summed E-state index contributed by atoms with van der Waals surface area (Å²) in [7, 11) is 4.02. The average Bonchev–Trinajstić information content (AvgIpc) is 3.32. The lowest BCUT2D eigenvalue weighted by molar-refractivity contribution is -0.749. The number of hydrogen-bond donors (Lipinski definition) is 1. The van der Waals surface area contributed by atoms with E-state index in [4.69, 9.17) is 23.7 Å². The van der Waals surface area contributed by atoms with Crippen molar-refractivity contribution < 1.29 is 37.7 Å². The zero-order valence-corrected chi connectivity index (χ0v) is 17.8. The van der Waals surface area contributed by atoms with Crippen molar-refractivity contribution in [2.24, 2.45) is 7.05 Å². The molecule has 1 atom stereocenters. The number of aryl methyl sites for hydroxylation is 1. The van der Waals surface area contributed by atoms with Crippen molar-refractivity contribution >= 4 is 6.34 Å². The van der Waals surface area contributed by atoms with Gasteiger partial charge in [-0.2, -0.15) is 4.58 Å². The van der Waals surface area contributed by atoms with Gasteiger partial charge in [-0.1, -0.05) is 0 Å². The second kappa shape index (κ2) is 15.3. The maximum absolute atomic E-state index is 5.56. The van der Waals surface area contributed by atoms with Crippen molar-refractivity contribution in [1.29, 1.82) is 0 Å². The Morgan fingerprint density at radius 3 is 1.79 bits per heavy atom. The summed E-state index contributed by atoms with van der Waals surface area (Å²) in [5.41, 5.74) is 0. The van der Waals surface area contributed by atoms with Crippen molar-refractivity contribution in [3.8, 4) is 0 Å². The van der Waals surface area contributed by atoms with Crippen LogP contribution in [0.3, 0.4) is 0 Å². The first kappa shape index (κ1) is 23.7. The molecule has 1 aliphatic heterocycles. The Labute approximate surface area is 173 Å². The molecule has 9 heteroatoms. The van der Waals surface area contributed by atoms with Gasteiger partial charge in [0.1, 0.15) is 32.5 Å². The predicted molar refractivity (Wildman–Crippen MR) is 107 cm³/mol. The number of imidazole rings is 1. The van der Waals surface area contributed by atoms with E-state index in [1.807, 2.05) is 48.2 Å². The lowest BCUT2D eigenvalue weighted by atomic mass is 10.6. The minimum Gasteiger partial charge on any atom is -0.377 e. The van der Waals surface area contributed by atoms with Crippen LogP contribution in [0.1, 0.15) is 0 Å². The molecule has 1 aromatic rings. The van der Waals surface area contributed by atoms with E-state index >= 15 is 0 Å². The number of aromatic nitrogens is 2. The molecule has 0 bridgehead atoms. The SMILES string of the molecule is C[N+]1=C[NH+](CCOCCOCCOCCOCCOCCn2cc[n+](C)c2)C=C1. The fourth-order valence-electron chi connectivity index (χ4n) is 2.68. The predicted octanol–water partition coefficient (Wildman–Crippen LogP) is -1.56. The molecule has 0 aromatic carbocycles. The summed E-state index contributed by atoms with van der Waals surface area (Å²) >= 11 is 0. The van der Waals surface area contributed by atoms with Gasteiger partial charge in [-0.15, -0.1) is 0 Å².